The maximum Gasteiger partial charge on any atom is 0.328 e. The first-order valence-corrected chi connectivity index (χ1v) is 12.2. The van der Waals surface area contributed by atoms with E-state index in [9.17, 15) is 14.4 Å². The van der Waals surface area contributed by atoms with Crippen LogP contribution in [0.3, 0.4) is 0 Å². The molecule has 0 aliphatic rings. The molecule has 0 spiro atoms. The molecule has 1 aromatic heterocycles. The number of aryl methyl sites for hydroxylation is 1. The number of aromatic amines is 1. The van der Waals surface area contributed by atoms with Crippen molar-refractivity contribution < 1.29 is 19.1 Å². The second-order valence-electron chi connectivity index (χ2n) is 9.55. The van der Waals surface area contributed by atoms with Gasteiger partial charge in [-0.15, -0.1) is 0 Å². The highest BCUT2D eigenvalue weighted by molar-refractivity contribution is 5.94. The molecule has 2 atom stereocenters. The van der Waals surface area contributed by atoms with Gasteiger partial charge < -0.3 is 25.7 Å². The van der Waals surface area contributed by atoms with Gasteiger partial charge in [0.15, 0.2) is 0 Å². The van der Waals surface area contributed by atoms with Gasteiger partial charge >= 0.3 is 5.97 Å². The van der Waals surface area contributed by atoms with E-state index < -0.39 is 29.5 Å². The van der Waals surface area contributed by atoms with E-state index in [1.165, 1.54) is 4.90 Å². The quantitative estimate of drug-likeness (QED) is 0.356. The summed E-state index contributed by atoms with van der Waals surface area (Å²) in [7, 11) is 1.58. The van der Waals surface area contributed by atoms with Gasteiger partial charge in [0.1, 0.15) is 12.1 Å². The molecule has 4 N–H and O–H groups in total. The number of aromatic nitrogens is 1. The number of rotatable bonds is 11. The van der Waals surface area contributed by atoms with Crippen molar-refractivity contribution in [2.45, 2.75) is 57.7 Å². The van der Waals surface area contributed by atoms with Crippen molar-refractivity contribution in [1.82, 2.24) is 15.2 Å². The third-order valence-corrected chi connectivity index (χ3v) is 6.21. The van der Waals surface area contributed by atoms with Gasteiger partial charge in [-0.2, -0.15) is 0 Å². The molecule has 192 valence electrons. The van der Waals surface area contributed by atoms with E-state index in [0.29, 0.717) is 12.8 Å². The lowest BCUT2D eigenvalue weighted by molar-refractivity contribution is -0.155. The summed E-state index contributed by atoms with van der Waals surface area (Å²) in [6.45, 7) is 5.11. The van der Waals surface area contributed by atoms with Crippen LogP contribution in [-0.2, 0) is 32.0 Å². The minimum atomic E-state index is -1.18. The molecule has 1 heterocycles. The minimum absolute atomic E-state index is 0.208. The number of nitrogens with zero attached hydrogens (tertiary/aromatic N) is 1. The van der Waals surface area contributed by atoms with Crippen molar-refractivity contribution in [2.75, 3.05) is 13.7 Å². The molecule has 0 fully saturated rings. The number of likely N-dealkylation sites (N-methyl/N-ethyl adjacent to an activating group) is 1. The van der Waals surface area contributed by atoms with Crippen molar-refractivity contribution in [3.63, 3.8) is 0 Å². The Bertz CT molecular complexity index is 1180. The highest BCUT2D eigenvalue weighted by Gasteiger charge is 2.35. The summed E-state index contributed by atoms with van der Waals surface area (Å²) in [4.78, 5) is 44.1. The van der Waals surface area contributed by atoms with Gasteiger partial charge in [-0.3, -0.25) is 9.59 Å². The van der Waals surface area contributed by atoms with E-state index in [0.717, 1.165) is 22.0 Å². The average molecular weight is 493 g/mol. The number of H-pyrrole nitrogens is 1. The summed E-state index contributed by atoms with van der Waals surface area (Å²) in [5.41, 5.74) is 7.71. The van der Waals surface area contributed by atoms with Gasteiger partial charge in [0.25, 0.3) is 0 Å². The van der Waals surface area contributed by atoms with Crippen molar-refractivity contribution in [1.29, 1.82) is 0 Å². The Kier molecular flexibility index (Phi) is 8.88. The highest BCUT2D eigenvalue weighted by atomic mass is 16.5. The number of para-hydroxylation sites is 1. The van der Waals surface area contributed by atoms with Gasteiger partial charge in [0, 0.05) is 30.6 Å². The summed E-state index contributed by atoms with van der Waals surface area (Å²) in [5.74, 6) is -1.31. The van der Waals surface area contributed by atoms with Crippen LogP contribution in [0.25, 0.3) is 10.9 Å². The number of nitrogens with two attached hydrogens (primary N) is 1. The molecule has 0 radical (unpaired) electrons. The van der Waals surface area contributed by atoms with Gasteiger partial charge in [0.05, 0.1) is 12.1 Å². The lowest BCUT2D eigenvalue weighted by atomic mass is 9.99. The van der Waals surface area contributed by atoms with E-state index >= 15 is 0 Å². The number of esters is 1. The molecule has 0 aliphatic carbocycles. The van der Waals surface area contributed by atoms with Gasteiger partial charge in [-0.1, -0.05) is 48.5 Å². The molecule has 0 bridgehead atoms. The predicted molar refractivity (Wildman–Crippen MR) is 140 cm³/mol. The fourth-order valence-electron chi connectivity index (χ4n) is 4.12. The third-order valence-electron chi connectivity index (χ3n) is 6.21. The number of hydrogen-bond acceptors (Lipinski definition) is 5. The van der Waals surface area contributed by atoms with Crippen LogP contribution in [-0.4, -0.2) is 58.9 Å². The van der Waals surface area contributed by atoms with Crippen molar-refractivity contribution in [3.05, 3.63) is 71.9 Å². The first-order chi connectivity index (χ1) is 17.1. The summed E-state index contributed by atoms with van der Waals surface area (Å²) in [6.07, 6.45) is 3.06. The topological polar surface area (TPSA) is 118 Å². The lowest BCUT2D eigenvalue weighted by Crippen LogP contribution is -2.58. The zero-order valence-electron chi connectivity index (χ0n) is 21.4. The van der Waals surface area contributed by atoms with Crippen LogP contribution < -0.4 is 11.1 Å². The molecule has 0 saturated heterocycles. The minimum Gasteiger partial charge on any atom is -0.464 e. The summed E-state index contributed by atoms with van der Waals surface area (Å²) in [6, 6.07) is 15.8. The number of fused-ring (bicyclic) bond motifs is 1. The third kappa shape index (κ3) is 6.73. The normalized spacial score (nSPS) is 13.1. The Balaban J connectivity index is 1.87. The summed E-state index contributed by atoms with van der Waals surface area (Å²) >= 11 is 0. The summed E-state index contributed by atoms with van der Waals surface area (Å²) < 4.78 is 5.30. The SMILES string of the molecule is CCOC(=O)[C@@H](CCc1ccccc1)N(C)C(=O)C(Cc1c[nH]c2ccccc12)NC(=O)C(C)(C)N. The Labute approximate surface area is 212 Å². The second kappa shape index (κ2) is 11.9. The van der Waals surface area contributed by atoms with E-state index in [1.54, 1.807) is 27.8 Å². The van der Waals surface area contributed by atoms with Crippen molar-refractivity contribution >= 4 is 28.7 Å². The number of hydrogen-bond donors (Lipinski definition) is 3. The van der Waals surface area contributed by atoms with E-state index in [1.807, 2.05) is 60.8 Å². The van der Waals surface area contributed by atoms with Crippen LogP contribution in [0, 0.1) is 0 Å². The molecular weight excluding hydrogens is 456 g/mol. The number of ether oxygens (including phenoxy) is 1. The van der Waals surface area contributed by atoms with Gasteiger partial charge in [0.2, 0.25) is 11.8 Å². The fraction of sp³-hybridized carbons (Fsp3) is 0.393. The first-order valence-electron chi connectivity index (χ1n) is 12.2. The number of carbonyl (C=O) groups is 3. The molecule has 2 aromatic carbocycles. The Morgan fingerprint density at radius 1 is 1.08 bits per heavy atom. The van der Waals surface area contributed by atoms with Crippen LogP contribution in [0.2, 0.25) is 0 Å². The largest absolute Gasteiger partial charge is 0.464 e. The molecular formula is C28H36N4O4. The molecule has 0 aliphatic heterocycles. The Morgan fingerprint density at radius 2 is 1.75 bits per heavy atom. The molecule has 36 heavy (non-hydrogen) atoms. The maximum absolute atomic E-state index is 13.8. The number of nitrogens with one attached hydrogen (secondary N) is 2. The number of amides is 2. The average Bonchev–Trinajstić information content (AvgIpc) is 3.26. The van der Waals surface area contributed by atoms with E-state index in [4.69, 9.17) is 10.5 Å². The standard InChI is InChI=1S/C28H36N4O4/c1-5-36-26(34)24(16-15-19-11-7-6-8-12-19)32(4)25(33)23(31-27(35)28(2,3)29)17-20-18-30-22-14-10-9-13-21(20)22/h6-14,18,23-24,30H,5,15-17,29H2,1-4H3,(H,31,35)/t23?,24-/m1/s1. The maximum atomic E-state index is 13.8. The number of carbonyl (C=O) groups excluding carboxylic acids is 3. The molecule has 3 rings (SSSR count). The Morgan fingerprint density at radius 3 is 2.42 bits per heavy atom. The Hall–Kier alpha value is -3.65. The van der Waals surface area contributed by atoms with Gasteiger partial charge in [-0.25, -0.2) is 4.79 Å². The van der Waals surface area contributed by atoms with Crippen LogP contribution in [0.5, 0.6) is 0 Å². The van der Waals surface area contributed by atoms with Gasteiger partial charge in [-0.05, 0) is 50.8 Å². The molecule has 1 unspecified atom stereocenters. The molecule has 8 nitrogen and oxygen atoms in total. The number of benzene rings is 2. The van der Waals surface area contributed by atoms with E-state index in [2.05, 4.69) is 10.3 Å². The lowest BCUT2D eigenvalue weighted by Gasteiger charge is -2.31. The summed E-state index contributed by atoms with van der Waals surface area (Å²) in [5, 5.41) is 3.78. The molecule has 2 amide bonds. The zero-order chi connectivity index (χ0) is 26.3. The fourth-order valence-corrected chi connectivity index (χ4v) is 4.12. The van der Waals surface area contributed by atoms with Crippen LogP contribution in [0.4, 0.5) is 0 Å². The van der Waals surface area contributed by atoms with Crippen molar-refractivity contribution in [3.8, 4) is 0 Å². The molecule has 0 saturated carbocycles. The van der Waals surface area contributed by atoms with E-state index in [-0.39, 0.29) is 18.9 Å². The van der Waals surface area contributed by atoms with Crippen molar-refractivity contribution in [2.24, 2.45) is 5.73 Å². The zero-order valence-corrected chi connectivity index (χ0v) is 21.4. The monoisotopic (exact) mass is 492 g/mol. The van der Waals surface area contributed by atoms with Crippen LogP contribution in [0.1, 0.15) is 38.3 Å². The van der Waals surface area contributed by atoms with Crippen LogP contribution >= 0.6 is 0 Å². The predicted octanol–water partition coefficient (Wildman–Crippen LogP) is 2.96. The molecule has 8 heteroatoms. The molecule has 3 aromatic rings. The highest BCUT2D eigenvalue weighted by Crippen LogP contribution is 2.21. The van der Waals surface area contributed by atoms with Crippen LogP contribution in [0.15, 0.2) is 60.8 Å². The smallest absolute Gasteiger partial charge is 0.328 e. The second-order valence-corrected chi connectivity index (χ2v) is 9.55. The first kappa shape index (κ1) is 26.9.